The number of hydrogen-bond donors (Lipinski definition) is 2. The maximum atomic E-state index is 13.9. The van der Waals surface area contributed by atoms with Gasteiger partial charge in [0.1, 0.15) is 11.4 Å². The number of phenols is 1. The van der Waals surface area contributed by atoms with Crippen molar-refractivity contribution in [3.8, 4) is 5.75 Å². The lowest BCUT2D eigenvalue weighted by Crippen LogP contribution is -2.38. The Morgan fingerprint density at radius 1 is 1.43 bits per heavy atom. The van der Waals surface area contributed by atoms with Gasteiger partial charge in [0.15, 0.2) is 0 Å². The number of phenolic OH excluding ortho intramolecular Hbond substituents is 1. The summed E-state index contributed by atoms with van der Waals surface area (Å²) >= 11 is 0. The smallest absolute Gasteiger partial charge is 0.127 e. The van der Waals surface area contributed by atoms with Crippen LogP contribution in [0.2, 0.25) is 0 Å². The number of rotatable bonds is 1. The number of nitrogens with two attached hydrogens (primary N) is 1. The zero-order valence-electron chi connectivity index (χ0n) is 7.96. The molecule has 0 saturated heterocycles. The predicted octanol–water partition coefficient (Wildman–Crippen LogP) is 1.55. The zero-order valence-corrected chi connectivity index (χ0v) is 7.96. The summed E-state index contributed by atoms with van der Waals surface area (Å²) < 4.78 is 13.9. The fourth-order valence-electron chi connectivity index (χ4n) is 1.98. The Labute approximate surface area is 82.5 Å². The van der Waals surface area contributed by atoms with Crippen LogP contribution < -0.4 is 5.73 Å². The molecule has 3 heteroatoms. The average Bonchev–Trinajstić information content (AvgIpc) is 2.19. The van der Waals surface area contributed by atoms with Crippen molar-refractivity contribution in [1.82, 2.24) is 0 Å². The largest absolute Gasteiger partial charge is 0.508 e. The van der Waals surface area contributed by atoms with Crippen LogP contribution in [0.3, 0.4) is 0 Å². The Morgan fingerprint density at radius 2 is 2.21 bits per heavy atom. The van der Waals surface area contributed by atoms with Crippen LogP contribution in [0.25, 0.3) is 0 Å². The molecule has 0 aromatic heterocycles. The molecule has 0 bridgehead atoms. The van der Waals surface area contributed by atoms with Crippen LogP contribution in [0, 0.1) is 0 Å². The van der Waals surface area contributed by atoms with Gasteiger partial charge < -0.3 is 10.8 Å². The number of halogens is 1. The molecule has 1 aromatic rings. The number of aryl methyl sites for hydroxylation is 1. The molecule has 0 amide bonds. The maximum Gasteiger partial charge on any atom is 0.127 e. The Hall–Kier alpha value is -1.09. The summed E-state index contributed by atoms with van der Waals surface area (Å²) in [7, 11) is 0. The van der Waals surface area contributed by atoms with Crippen molar-refractivity contribution in [3.63, 3.8) is 0 Å². The van der Waals surface area contributed by atoms with Crippen LogP contribution in [0.15, 0.2) is 18.2 Å². The predicted molar refractivity (Wildman–Crippen MR) is 53.0 cm³/mol. The first kappa shape index (κ1) is 9.46. The van der Waals surface area contributed by atoms with E-state index in [1.165, 1.54) is 0 Å². The fraction of sp³-hybridized carbons (Fsp3) is 0.455. The van der Waals surface area contributed by atoms with Gasteiger partial charge in [0.25, 0.3) is 0 Å². The molecule has 2 rings (SSSR count). The van der Waals surface area contributed by atoms with Gasteiger partial charge in [-0.25, -0.2) is 4.39 Å². The van der Waals surface area contributed by atoms with Crippen molar-refractivity contribution in [2.75, 3.05) is 6.54 Å². The highest BCUT2D eigenvalue weighted by molar-refractivity contribution is 5.37. The third-order valence-electron chi connectivity index (χ3n) is 2.91. The summed E-state index contributed by atoms with van der Waals surface area (Å²) in [5.41, 5.74) is 6.18. The minimum Gasteiger partial charge on any atom is -0.508 e. The summed E-state index contributed by atoms with van der Waals surface area (Å²) in [5, 5.41) is 9.26. The third kappa shape index (κ3) is 1.60. The highest BCUT2D eigenvalue weighted by Crippen LogP contribution is 2.32. The lowest BCUT2D eigenvalue weighted by atomic mass is 9.82. The highest BCUT2D eigenvalue weighted by atomic mass is 19.1. The van der Waals surface area contributed by atoms with Gasteiger partial charge in [0.2, 0.25) is 0 Å². The molecule has 1 aromatic carbocycles. The number of aromatic hydroxyl groups is 1. The first-order chi connectivity index (χ1) is 6.63. The summed E-state index contributed by atoms with van der Waals surface area (Å²) in [6, 6.07) is 5.10. The van der Waals surface area contributed by atoms with E-state index in [0.29, 0.717) is 19.3 Å². The van der Waals surface area contributed by atoms with Gasteiger partial charge >= 0.3 is 0 Å². The standard InChI is InChI=1S/C11H14FNO/c12-11(7-13)4-3-8-5-10(14)2-1-9(8)6-11/h1-2,5,14H,3-4,6-7,13H2. The maximum absolute atomic E-state index is 13.9. The SMILES string of the molecule is NCC1(F)CCc2cc(O)ccc2C1. The van der Waals surface area contributed by atoms with Crippen molar-refractivity contribution in [3.05, 3.63) is 29.3 Å². The van der Waals surface area contributed by atoms with Crippen LogP contribution in [0.4, 0.5) is 4.39 Å². The van der Waals surface area contributed by atoms with Crippen molar-refractivity contribution < 1.29 is 9.50 Å². The molecule has 1 unspecified atom stereocenters. The summed E-state index contributed by atoms with van der Waals surface area (Å²) in [4.78, 5) is 0. The molecule has 1 aliphatic rings. The van der Waals surface area contributed by atoms with Crippen LogP contribution in [-0.4, -0.2) is 17.3 Å². The van der Waals surface area contributed by atoms with Crippen LogP contribution in [0.5, 0.6) is 5.75 Å². The molecule has 0 aliphatic heterocycles. The number of hydrogen-bond acceptors (Lipinski definition) is 2. The second-order valence-electron chi connectivity index (χ2n) is 3.98. The van der Waals surface area contributed by atoms with Gasteiger partial charge in [0.05, 0.1) is 0 Å². The molecule has 0 heterocycles. The molecular weight excluding hydrogens is 181 g/mol. The highest BCUT2D eigenvalue weighted by Gasteiger charge is 2.32. The van der Waals surface area contributed by atoms with Crippen molar-refractivity contribution in [2.24, 2.45) is 5.73 Å². The summed E-state index contributed by atoms with van der Waals surface area (Å²) in [6.45, 7) is 0.0767. The van der Waals surface area contributed by atoms with Gasteiger partial charge in [-0.15, -0.1) is 0 Å². The number of alkyl halides is 1. The van der Waals surface area contributed by atoms with Crippen molar-refractivity contribution >= 4 is 0 Å². The first-order valence-corrected chi connectivity index (χ1v) is 4.83. The van der Waals surface area contributed by atoms with E-state index in [9.17, 15) is 9.50 Å². The molecule has 14 heavy (non-hydrogen) atoms. The van der Waals surface area contributed by atoms with E-state index < -0.39 is 5.67 Å². The second kappa shape index (κ2) is 3.24. The van der Waals surface area contributed by atoms with Gasteiger partial charge in [-0.05, 0) is 36.1 Å². The lowest BCUT2D eigenvalue weighted by Gasteiger charge is -2.29. The van der Waals surface area contributed by atoms with Crippen molar-refractivity contribution in [2.45, 2.75) is 24.9 Å². The molecular formula is C11H14FNO. The average molecular weight is 195 g/mol. The monoisotopic (exact) mass is 195 g/mol. The topological polar surface area (TPSA) is 46.2 Å². The van der Waals surface area contributed by atoms with Crippen molar-refractivity contribution in [1.29, 1.82) is 0 Å². The molecule has 76 valence electrons. The lowest BCUT2D eigenvalue weighted by molar-refractivity contribution is 0.151. The van der Waals surface area contributed by atoms with E-state index in [1.54, 1.807) is 18.2 Å². The van der Waals surface area contributed by atoms with E-state index in [0.717, 1.165) is 11.1 Å². The Bertz CT molecular complexity index is 353. The molecule has 0 fully saturated rings. The summed E-state index contributed by atoms with van der Waals surface area (Å²) in [5.74, 6) is 0.253. The van der Waals surface area contributed by atoms with Gasteiger partial charge in [-0.3, -0.25) is 0 Å². The van der Waals surface area contributed by atoms with Gasteiger partial charge in [-0.2, -0.15) is 0 Å². The first-order valence-electron chi connectivity index (χ1n) is 4.83. The minimum absolute atomic E-state index is 0.0767. The van der Waals surface area contributed by atoms with E-state index in [-0.39, 0.29) is 12.3 Å². The van der Waals surface area contributed by atoms with Gasteiger partial charge in [0, 0.05) is 13.0 Å². The van der Waals surface area contributed by atoms with E-state index >= 15 is 0 Å². The Kier molecular flexibility index (Phi) is 2.19. The molecule has 1 aliphatic carbocycles. The fourth-order valence-corrected chi connectivity index (χ4v) is 1.98. The zero-order chi connectivity index (χ0) is 10.2. The number of fused-ring (bicyclic) bond motifs is 1. The van der Waals surface area contributed by atoms with E-state index in [2.05, 4.69) is 0 Å². The van der Waals surface area contributed by atoms with Crippen LogP contribution in [0.1, 0.15) is 17.5 Å². The molecule has 0 spiro atoms. The Morgan fingerprint density at radius 3 is 2.93 bits per heavy atom. The molecule has 0 radical (unpaired) electrons. The second-order valence-corrected chi connectivity index (χ2v) is 3.98. The molecule has 1 atom stereocenters. The van der Waals surface area contributed by atoms with Gasteiger partial charge in [-0.1, -0.05) is 6.07 Å². The van der Waals surface area contributed by atoms with Crippen LogP contribution >= 0.6 is 0 Å². The normalized spacial score (nSPS) is 25.9. The number of benzene rings is 1. The molecule has 3 N–H and O–H groups in total. The summed E-state index contributed by atoms with van der Waals surface area (Å²) in [6.07, 6.45) is 1.50. The Balaban J connectivity index is 2.31. The minimum atomic E-state index is -1.25. The van der Waals surface area contributed by atoms with E-state index in [4.69, 9.17) is 5.73 Å². The van der Waals surface area contributed by atoms with Crippen LogP contribution in [-0.2, 0) is 12.8 Å². The molecule has 0 saturated carbocycles. The third-order valence-corrected chi connectivity index (χ3v) is 2.91. The molecule has 2 nitrogen and oxygen atoms in total. The quantitative estimate of drug-likeness (QED) is 0.714. The van der Waals surface area contributed by atoms with E-state index in [1.807, 2.05) is 0 Å².